The number of likely N-dealkylation sites (N-methyl/N-ethyl adjacent to an activating group) is 1. The molecule has 7 heteroatoms. The van der Waals surface area contributed by atoms with E-state index >= 15 is 0 Å². The topological polar surface area (TPSA) is 70.6 Å². The summed E-state index contributed by atoms with van der Waals surface area (Å²) in [5.74, 6) is 0.424. The number of nitrogens with zero attached hydrogens (tertiary/aromatic N) is 5. The van der Waals surface area contributed by atoms with Crippen LogP contribution in [0.15, 0.2) is 6.20 Å². The zero-order valence-electron chi connectivity index (χ0n) is 12.5. The Morgan fingerprint density at radius 2 is 2.00 bits per heavy atom. The summed E-state index contributed by atoms with van der Waals surface area (Å²) in [6.07, 6.45) is 1.55. The molecule has 2 heterocycles. The lowest BCUT2D eigenvalue weighted by Gasteiger charge is -2.35. The fraction of sp³-hybridized carbons (Fsp3) is 0.692. The lowest BCUT2D eigenvalue weighted by Crippen LogP contribution is -2.50. The van der Waals surface area contributed by atoms with Crippen LogP contribution in [0, 0.1) is 0 Å². The molecule has 2 N–H and O–H groups in total. The van der Waals surface area contributed by atoms with Crippen molar-refractivity contribution < 1.29 is 4.79 Å². The maximum atomic E-state index is 12.4. The zero-order chi connectivity index (χ0) is 14.7. The van der Waals surface area contributed by atoms with Gasteiger partial charge >= 0.3 is 0 Å². The van der Waals surface area contributed by atoms with Crippen molar-refractivity contribution in [2.45, 2.75) is 0 Å². The van der Waals surface area contributed by atoms with Crippen molar-refractivity contribution in [2.24, 2.45) is 7.05 Å². The molecule has 1 saturated heterocycles. The molecule has 1 aromatic rings. The Morgan fingerprint density at radius 1 is 1.35 bits per heavy atom. The average molecular weight is 280 g/mol. The van der Waals surface area contributed by atoms with E-state index in [1.165, 1.54) is 4.68 Å². The van der Waals surface area contributed by atoms with Crippen LogP contribution in [0.4, 0.5) is 5.82 Å². The second-order valence-corrected chi connectivity index (χ2v) is 5.50. The lowest BCUT2D eigenvalue weighted by atomic mass is 10.2. The van der Waals surface area contributed by atoms with Crippen LogP contribution in [-0.4, -0.2) is 83.8 Å². The van der Waals surface area contributed by atoms with E-state index in [1.54, 1.807) is 13.2 Å². The summed E-state index contributed by atoms with van der Waals surface area (Å²) in [5.41, 5.74) is 6.36. The molecule has 0 aliphatic carbocycles. The van der Waals surface area contributed by atoms with E-state index in [9.17, 15) is 4.79 Å². The standard InChI is InChI=1S/C13H24N6O/c1-16(2)4-5-18-6-8-19(9-7-18)13(20)11-10-15-17(3)12(11)14/h10H,4-9,14H2,1-3H3. The molecule has 0 spiro atoms. The number of hydrogen-bond donors (Lipinski definition) is 1. The highest BCUT2D eigenvalue weighted by Gasteiger charge is 2.24. The van der Waals surface area contributed by atoms with E-state index in [4.69, 9.17) is 5.73 Å². The number of carbonyl (C=O) groups excluding carboxylic acids is 1. The Morgan fingerprint density at radius 3 is 2.50 bits per heavy atom. The Bertz CT molecular complexity index is 461. The van der Waals surface area contributed by atoms with Gasteiger partial charge in [-0.2, -0.15) is 5.10 Å². The van der Waals surface area contributed by atoms with Gasteiger partial charge in [-0.15, -0.1) is 0 Å². The molecule has 0 unspecified atom stereocenters. The minimum atomic E-state index is -0.0112. The summed E-state index contributed by atoms with van der Waals surface area (Å²) < 4.78 is 1.53. The lowest BCUT2D eigenvalue weighted by molar-refractivity contribution is 0.0630. The van der Waals surface area contributed by atoms with E-state index in [0.29, 0.717) is 11.4 Å². The number of nitrogens with two attached hydrogens (primary N) is 1. The quantitative estimate of drug-likeness (QED) is 0.791. The average Bonchev–Trinajstić information content (AvgIpc) is 2.76. The van der Waals surface area contributed by atoms with Gasteiger partial charge in [0.1, 0.15) is 11.4 Å². The van der Waals surface area contributed by atoms with Crippen molar-refractivity contribution in [2.75, 3.05) is 59.1 Å². The van der Waals surface area contributed by atoms with Gasteiger partial charge < -0.3 is 15.5 Å². The largest absolute Gasteiger partial charge is 0.383 e. The number of carbonyl (C=O) groups is 1. The molecule has 1 fully saturated rings. The summed E-state index contributed by atoms with van der Waals surface area (Å²) in [7, 11) is 5.89. The molecule has 1 aliphatic rings. The van der Waals surface area contributed by atoms with E-state index in [-0.39, 0.29) is 5.91 Å². The molecular weight excluding hydrogens is 256 g/mol. The van der Waals surface area contributed by atoms with Crippen molar-refractivity contribution in [3.63, 3.8) is 0 Å². The highest BCUT2D eigenvalue weighted by atomic mass is 16.2. The summed E-state index contributed by atoms with van der Waals surface area (Å²) in [5, 5.41) is 4.02. The number of amides is 1. The molecule has 112 valence electrons. The first-order valence-corrected chi connectivity index (χ1v) is 6.93. The first-order chi connectivity index (χ1) is 9.49. The summed E-state index contributed by atoms with van der Waals surface area (Å²) in [6, 6.07) is 0. The molecule has 1 aromatic heterocycles. The highest BCUT2D eigenvalue weighted by molar-refractivity contribution is 5.98. The summed E-state index contributed by atoms with van der Waals surface area (Å²) in [4.78, 5) is 18.8. The second kappa shape index (κ2) is 6.23. The maximum Gasteiger partial charge on any atom is 0.259 e. The van der Waals surface area contributed by atoms with Crippen LogP contribution in [-0.2, 0) is 7.05 Å². The monoisotopic (exact) mass is 280 g/mol. The van der Waals surface area contributed by atoms with Gasteiger partial charge in [0.05, 0.1) is 6.20 Å². The molecule has 0 atom stereocenters. The smallest absolute Gasteiger partial charge is 0.259 e. The molecule has 0 aromatic carbocycles. The number of rotatable bonds is 4. The van der Waals surface area contributed by atoms with E-state index in [1.807, 2.05) is 4.90 Å². The van der Waals surface area contributed by atoms with E-state index < -0.39 is 0 Å². The van der Waals surface area contributed by atoms with Crippen LogP contribution in [0.3, 0.4) is 0 Å². The first-order valence-electron chi connectivity index (χ1n) is 6.93. The summed E-state index contributed by atoms with van der Waals surface area (Å²) >= 11 is 0. The van der Waals surface area contributed by atoms with Crippen LogP contribution in [0.2, 0.25) is 0 Å². The van der Waals surface area contributed by atoms with Crippen LogP contribution in [0.1, 0.15) is 10.4 Å². The second-order valence-electron chi connectivity index (χ2n) is 5.50. The van der Waals surface area contributed by atoms with Crippen LogP contribution in [0.5, 0.6) is 0 Å². The number of hydrogen-bond acceptors (Lipinski definition) is 5. The molecule has 20 heavy (non-hydrogen) atoms. The highest BCUT2D eigenvalue weighted by Crippen LogP contribution is 2.14. The molecule has 0 radical (unpaired) electrons. The Hall–Kier alpha value is -1.60. The molecule has 1 amide bonds. The van der Waals surface area contributed by atoms with Crippen LogP contribution >= 0.6 is 0 Å². The van der Waals surface area contributed by atoms with Gasteiger partial charge in [0.2, 0.25) is 0 Å². The molecule has 0 saturated carbocycles. The third kappa shape index (κ3) is 3.29. The van der Waals surface area contributed by atoms with Gasteiger partial charge in [0.15, 0.2) is 0 Å². The molecule has 7 nitrogen and oxygen atoms in total. The fourth-order valence-corrected chi connectivity index (χ4v) is 2.30. The number of nitrogen functional groups attached to an aromatic ring is 1. The third-order valence-electron chi connectivity index (χ3n) is 3.74. The predicted molar refractivity (Wildman–Crippen MR) is 78.5 cm³/mol. The maximum absolute atomic E-state index is 12.4. The van der Waals surface area contributed by atoms with Crippen molar-refractivity contribution in [3.8, 4) is 0 Å². The molecule has 2 rings (SSSR count). The van der Waals surface area contributed by atoms with Crippen LogP contribution < -0.4 is 5.73 Å². The summed E-state index contributed by atoms with van der Waals surface area (Å²) in [6.45, 7) is 5.42. The van der Waals surface area contributed by atoms with Gasteiger partial charge in [-0.3, -0.25) is 14.4 Å². The molecule has 1 aliphatic heterocycles. The van der Waals surface area contributed by atoms with Crippen molar-refractivity contribution in [3.05, 3.63) is 11.8 Å². The first kappa shape index (κ1) is 14.8. The van der Waals surface area contributed by atoms with E-state index in [2.05, 4.69) is 29.0 Å². The van der Waals surface area contributed by atoms with Gasteiger partial charge in [-0.05, 0) is 14.1 Å². The fourth-order valence-electron chi connectivity index (χ4n) is 2.30. The normalized spacial score (nSPS) is 16.9. The molecule has 0 bridgehead atoms. The number of anilines is 1. The number of aryl methyl sites for hydroxylation is 1. The Labute approximate surface area is 119 Å². The molecular formula is C13H24N6O. The number of piperazine rings is 1. The third-order valence-corrected chi connectivity index (χ3v) is 3.74. The van der Waals surface area contributed by atoms with Crippen LogP contribution in [0.25, 0.3) is 0 Å². The van der Waals surface area contributed by atoms with Gasteiger partial charge in [0, 0.05) is 46.3 Å². The van der Waals surface area contributed by atoms with Crippen molar-refractivity contribution in [1.29, 1.82) is 0 Å². The number of aromatic nitrogens is 2. The SMILES string of the molecule is CN(C)CCN1CCN(C(=O)c2cnn(C)c2N)CC1. The minimum Gasteiger partial charge on any atom is -0.383 e. The Balaban J connectivity index is 1.87. The van der Waals surface area contributed by atoms with Gasteiger partial charge in [-0.25, -0.2) is 0 Å². The van der Waals surface area contributed by atoms with E-state index in [0.717, 1.165) is 39.3 Å². The van der Waals surface area contributed by atoms with Crippen molar-refractivity contribution in [1.82, 2.24) is 24.5 Å². The minimum absolute atomic E-state index is 0.0112. The van der Waals surface area contributed by atoms with Gasteiger partial charge in [-0.1, -0.05) is 0 Å². The zero-order valence-corrected chi connectivity index (χ0v) is 12.5. The van der Waals surface area contributed by atoms with Gasteiger partial charge in [0.25, 0.3) is 5.91 Å². The Kier molecular flexibility index (Phi) is 4.61. The van der Waals surface area contributed by atoms with Crippen molar-refractivity contribution >= 4 is 11.7 Å². The predicted octanol–water partition coefficient (Wildman–Crippen LogP) is -0.678.